The molecule has 2 nitrogen and oxygen atoms in total. The quantitative estimate of drug-likeness (QED) is 0.434. The molecule has 1 saturated heterocycles. The van der Waals surface area contributed by atoms with Gasteiger partial charge in [-0.2, -0.15) is 0 Å². The lowest BCUT2D eigenvalue weighted by Gasteiger charge is -2.16. The van der Waals surface area contributed by atoms with Crippen LogP contribution in [0.3, 0.4) is 0 Å². The fraction of sp³-hybridized carbons (Fsp3) is 0.364. The van der Waals surface area contributed by atoms with Gasteiger partial charge in [-0.15, -0.1) is 0 Å². The van der Waals surface area contributed by atoms with E-state index in [0.717, 1.165) is 4.90 Å². The van der Waals surface area contributed by atoms with E-state index in [9.17, 15) is 26.7 Å². The van der Waals surface area contributed by atoms with Gasteiger partial charge in [-0.05, 0) is 12.8 Å². The molecule has 1 aliphatic heterocycles. The van der Waals surface area contributed by atoms with Crippen molar-refractivity contribution < 1.29 is 26.7 Å². The van der Waals surface area contributed by atoms with Gasteiger partial charge in [0.25, 0.3) is 5.91 Å². The van der Waals surface area contributed by atoms with E-state index in [-0.39, 0.29) is 13.1 Å². The summed E-state index contributed by atoms with van der Waals surface area (Å²) in [4.78, 5) is 12.8. The minimum atomic E-state index is -2.26. The van der Waals surface area contributed by atoms with E-state index < -0.39 is 40.6 Å². The number of nitrogens with zero attached hydrogens (tertiary/aromatic N) is 1. The zero-order valence-electron chi connectivity index (χ0n) is 9.07. The Hall–Kier alpha value is -1.66. The highest BCUT2D eigenvalue weighted by Gasteiger charge is 2.32. The van der Waals surface area contributed by atoms with Gasteiger partial charge in [-0.3, -0.25) is 4.79 Å². The molecule has 2 rings (SSSR count). The van der Waals surface area contributed by atoms with Crippen LogP contribution in [0.5, 0.6) is 0 Å². The highest BCUT2D eigenvalue weighted by molar-refractivity contribution is 5.95. The molecule has 1 amide bonds. The lowest BCUT2D eigenvalue weighted by atomic mass is 10.1. The molecule has 0 spiro atoms. The summed E-state index contributed by atoms with van der Waals surface area (Å²) < 4.78 is 65.3. The summed E-state index contributed by atoms with van der Waals surface area (Å²) in [6, 6.07) is 0. The number of hydrogen-bond donors (Lipinski definition) is 0. The maximum atomic E-state index is 13.3. The molecule has 0 atom stereocenters. The molecule has 0 N–H and O–H groups in total. The van der Waals surface area contributed by atoms with Crippen LogP contribution >= 0.6 is 0 Å². The fourth-order valence-corrected chi connectivity index (χ4v) is 1.87. The van der Waals surface area contributed by atoms with Crippen molar-refractivity contribution in [1.29, 1.82) is 0 Å². The van der Waals surface area contributed by atoms with Gasteiger partial charge in [0.15, 0.2) is 23.3 Å². The second kappa shape index (κ2) is 4.55. The molecule has 0 aromatic heterocycles. The van der Waals surface area contributed by atoms with Crippen molar-refractivity contribution in [2.45, 2.75) is 12.8 Å². The Labute approximate surface area is 99.0 Å². The van der Waals surface area contributed by atoms with Crippen LogP contribution in [0.15, 0.2) is 0 Å². The highest BCUT2D eigenvalue weighted by atomic mass is 19.2. The van der Waals surface area contributed by atoms with Gasteiger partial charge in [-0.1, -0.05) is 0 Å². The van der Waals surface area contributed by atoms with Crippen molar-refractivity contribution >= 4 is 5.91 Å². The van der Waals surface area contributed by atoms with E-state index in [1.807, 2.05) is 0 Å². The van der Waals surface area contributed by atoms with E-state index >= 15 is 0 Å². The molecular formula is C11H8F5NO. The van der Waals surface area contributed by atoms with Gasteiger partial charge in [0.2, 0.25) is 5.82 Å². The van der Waals surface area contributed by atoms with Crippen LogP contribution in [0.2, 0.25) is 0 Å². The molecule has 1 fully saturated rings. The fourth-order valence-electron chi connectivity index (χ4n) is 1.87. The van der Waals surface area contributed by atoms with Crippen LogP contribution in [0.4, 0.5) is 22.0 Å². The van der Waals surface area contributed by atoms with Crippen LogP contribution in [0.1, 0.15) is 23.2 Å². The Bertz CT molecular complexity index is 482. The number of carbonyl (C=O) groups excluding carboxylic acids is 1. The van der Waals surface area contributed by atoms with Gasteiger partial charge < -0.3 is 4.90 Å². The summed E-state index contributed by atoms with van der Waals surface area (Å²) >= 11 is 0. The normalized spacial score (nSPS) is 15.3. The molecule has 98 valence electrons. The molecule has 0 radical (unpaired) electrons. The van der Waals surface area contributed by atoms with Gasteiger partial charge in [0.05, 0.1) is 0 Å². The average molecular weight is 265 g/mol. The summed E-state index contributed by atoms with van der Waals surface area (Å²) in [5, 5.41) is 0. The molecule has 1 aromatic carbocycles. The first kappa shape index (κ1) is 12.8. The molecule has 0 bridgehead atoms. The predicted molar refractivity (Wildman–Crippen MR) is 51.4 cm³/mol. The second-order valence-electron chi connectivity index (χ2n) is 3.94. The molecule has 18 heavy (non-hydrogen) atoms. The lowest BCUT2D eigenvalue weighted by Crippen LogP contribution is -2.30. The van der Waals surface area contributed by atoms with Crippen molar-refractivity contribution in [1.82, 2.24) is 4.90 Å². The minimum Gasteiger partial charge on any atom is -0.338 e. The molecule has 0 unspecified atom stereocenters. The zero-order valence-corrected chi connectivity index (χ0v) is 9.07. The Morgan fingerprint density at radius 3 is 1.61 bits per heavy atom. The summed E-state index contributed by atoms with van der Waals surface area (Å²) in [5.41, 5.74) is -1.38. The molecule has 1 heterocycles. The van der Waals surface area contributed by atoms with Crippen molar-refractivity contribution in [2.75, 3.05) is 13.1 Å². The number of hydrogen-bond acceptors (Lipinski definition) is 1. The van der Waals surface area contributed by atoms with E-state index in [1.165, 1.54) is 0 Å². The lowest BCUT2D eigenvalue weighted by molar-refractivity contribution is 0.0779. The number of likely N-dealkylation sites (tertiary alicyclic amines) is 1. The molecule has 1 aromatic rings. The first-order chi connectivity index (χ1) is 8.45. The minimum absolute atomic E-state index is 0.248. The summed E-state index contributed by atoms with van der Waals surface area (Å²) in [6.45, 7) is 0.497. The monoisotopic (exact) mass is 265 g/mol. The molecule has 7 heteroatoms. The highest BCUT2D eigenvalue weighted by Crippen LogP contribution is 2.25. The Morgan fingerprint density at radius 2 is 1.17 bits per heavy atom. The number of halogens is 5. The topological polar surface area (TPSA) is 20.3 Å². The molecule has 0 aliphatic carbocycles. The van der Waals surface area contributed by atoms with Crippen molar-refractivity contribution in [3.8, 4) is 0 Å². The SMILES string of the molecule is O=C(c1c(F)c(F)c(F)c(F)c1F)N1CCCC1. The third kappa shape index (κ3) is 1.83. The van der Waals surface area contributed by atoms with Gasteiger partial charge in [0, 0.05) is 13.1 Å². The van der Waals surface area contributed by atoms with E-state index in [0.29, 0.717) is 12.8 Å². The maximum absolute atomic E-state index is 13.3. The third-order valence-electron chi connectivity index (χ3n) is 2.82. The van der Waals surface area contributed by atoms with E-state index in [2.05, 4.69) is 0 Å². The van der Waals surface area contributed by atoms with Gasteiger partial charge in [0.1, 0.15) is 5.56 Å². The average Bonchev–Trinajstić information content (AvgIpc) is 2.88. The van der Waals surface area contributed by atoms with Crippen molar-refractivity contribution in [2.24, 2.45) is 0 Å². The number of amides is 1. The first-order valence-corrected chi connectivity index (χ1v) is 5.26. The summed E-state index contributed by atoms with van der Waals surface area (Å²) in [6.07, 6.45) is 1.28. The molecular weight excluding hydrogens is 257 g/mol. The smallest absolute Gasteiger partial charge is 0.260 e. The van der Waals surface area contributed by atoms with Crippen molar-refractivity contribution in [3.63, 3.8) is 0 Å². The zero-order chi connectivity index (χ0) is 13.4. The number of benzene rings is 1. The first-order valence-electron chi connectivity index (χ1n) is 5.26. The summed E-state index contributed by atoms with van der Waals surface area (Å²) in [5.74, 6) is -11.8. The van der Waals surface area contributed by atoms with Gasteiger partial charge in [-0.25, -0.2) is 22.0 Å². The Kier molecular flexibility index (Phi) is 3.23. The van der Waals surface area contributed by atoms with E-state index in [1.54, 1.807) is 0 Å². The summed E-state index contributed by atoms with van der Waals surface area (Å²) in [7, 11) is 0. The van der Waals surface area contributed by atoms with Crippen LogP contribution in [0, 0.1) is 29.1 Å². The molecule has 0 saturated carbocycles. The predicted octanol–water partition coefficient (Wildman–Crippen LogP) is 2.62. The van der Waals surface area contributed by atoms with Crippen LogP contribution < -0.4 is 0 Å². The molecule has 1 aliphatic rings. The second-order valence-corrected chi connectivity index (χ2v) is 3.94. The Morgan fingerprint density at radius 1 is 0.778 bits per heavy atom. The van der Waals surface area contributed by atoms with E-state index in [4.69, 9.17) is 0 Å². The van der Waals surface area contributed by atoms with Crippen LogP contribution in [0.25, 0.3) is 0 Å². The van der Waals surface area contributed by atoms with Crippen LogP contribution in [-0.4, -0.2) is 23.9 Å². The number of carbonyl (C=O) groups is 1. The third-order valence-corrected chi connectivity index (χ3v) is 2.82. The van der Waals surface area contributed by atoms with Crippen molar-refractivity contribution in [3.05, 3.63) is 34.6 Å². The maximum Gasteiger partial charge on any atom is 0.260 e. The standard InChI is InChI=1S/C11H8F5NO/c12-6-5(11(18)17-3-1-2-4-17)7(13)9(15)10(16)8(6)14/h1-4H2. The largest absolute Gasteiger partial charge is 0.338 e. The van der Waals surface area contributed by atoms with Crippen LogP contribution in [-0.2, 0) is 0 Å². The van der Waals surface area contributed by atoms with Gasteiger partial charge >= 0.3 is 0 Å². The number of rotatable bonds is 1. The Balaban J connectivity index is 2.53.